The maximum Gasteiger partial charge on any atom is 0.224 e. The summed E-state index contributed by atoms with van der Waals surface area (Å²) in [6, 6.07) is 9.00. The van der Waals surface area contributed by atoms with Crippen LogP contribution in [0.4, 0.5) is 0 Å². The maximum absolute atomic E-state index is 13.3. The molecule has 146 valence electrons. The van der Waals surface area contributed by atoms with E-state index in [9.17, 15) is 4.79 Å². The van der Waals surface area contributed by atoms with E-state index in [1.54, 1.807) is 0 Å². The fourth-order valence-electron chi connectivity index (χ4n) is 5.32. The van der Waals surface area contributed by atoms with E-state index in [0.29, 0.717) is 18.4 Å². The summed E-state index contributed by atoms with van der Waals surface area (Å²) in [4.78, 5) is 15.6. The molecule has 0 radical (unpaired) electrons. The summed E-state index contributed by atoms with van der Waals surface area (Å²) in [6.07, 6.45) is 6.51. The molecule has 27 heavy (non-hydrogen) atoms. The Bertz CT molecular complexity index is 840. The first-order valence-electron chi connectivity index (χ1n) is 10.6. The lowest BCUT2D eigenvalue weighted by molar-refractivity contribution is -0.138. The molecule has 1 amide bonds. The summed E-state index contributed by atoms with van der Waals surface area (Å²) < 4.78 is 2.33. The molecule has 4 heteroatoms. The van der Waals surface area contributed by atoms with Crippen molar-refractivity contribution in [1.29, 1.82) is 0 Å². The third-order valence-electron chi connectivity index (χ3n) is 7.16. The molecule has 1 N–H and O–H groups in total. The molecule has 2 aromatic rings. The number of carbonyl (C=O) groups is 1. The van der Waals surface area contributed by atoms with E-state index in [0.717, 1.165) is 32.5 Å². The summed E-state index contributed by atoms with van der Waals surface area (Å²) >= 11 is 0. The van der Waals surface area contributed by atoms with Crippen molar-refractivity contribution in [3.8, 4) is 0 Å². The Morgan fingerprint density at radius 2 is 2.04 bits per heavy atom. The topological polar surface area (TPSA) is 37.3 Å². The Labute approximate surface area is 162 Å². The number of nitrogens with one attached hydrogen (secondary N) is 1. The monoisotopic (exact) mass is 367 g/mol. The van der Waals surface area contributed by atoms with E-state index in [4.69, 9.17) is 0 Å². The van der Waals surface area contributed by atoms with Gasteiger partial charge in [-0.1, -0.05) is 31.0 Å². The van der Waals surface area contributed by atoms with Crippen LogP contribution in [0, 0.1) is 13.8 Å². The second-order valence-electron chi connectivity index (χ2n) is 8.64. The molecule has 0 saturated carbocycles. The molecule has 2 aliphatic heterocycles. The second-order valence-corrected chi connectivity index (χ2v) is 8.64. The predicted octanol–water partition coefficient (Wildman–Crippen LogP) is 4.17. The van der Waals surface area contributed by atoms with Gasteiger partial charge >= 0.3 is 0 Å². The highest BCUT2D eigenvalue weighted by Crippen LogP contribution is 2.34. The van der Waals surface area contributed by atoms with Crippen molar-refractivity contribution < 1.29 is 4.79 Å². The Kier molecular flexibility index (Phi) is 5.02. The first kappa shape index (κ1) is 18.5. The van der Waals surface area contributed by atoms with Gasteiger partial charge in [0.1, 0.15) is 0 Å². The SMILES string of the molecule is Cc1c(C)n(CCC(=O)N2CCCCC[C@@H]3NCC[C@@]32C)c2ccccc12. The number of carbonyl (C=O) groups excluding carboxylic acids is 1. The van der Waals surface area contributed by atoms with E-state index in [1.807, 2.05) is 0 Å². The number of rotatable bonds is 3. The van der Waals surface area contributed by atoms with Gasteiger partial charge in [-0.05, 0) is 58.2 Å². The molecule has 4 nitrogen and oxygen atoms in total. The number of hydrogen-bond acceptors (Lipinski definition) is 2. The molecule has 0 bridgehead atoms. The first-order chi connectivity index (χ1) is 13.0. The van der Waals surface area contributed by atoms with Gasteiger partial charge in [0, 0.05) is 42.1 Å². The van der Waals surface area contributed by atoms with Gasteiger partial charge in [0.2, 0.25) is 5.91 Å². The molecule has 0 unspecified atom stereocenters. The van der Waals surface area contributed by atoms with E-state index >= 15 is 0 Å². The molecule has 3 heterocycles. The summed E-state index contributed by atoms with van der Waals surface area (Å²) in [6.45, 7) is 9.38. The summed E-state index contributed by atoms with van der Waals surface area (Å²) in [5, 5.41) is 4.97. The van der Waals surface area contributed by atoms with Crippen molar-refractivity contribution in [2.45, 2.75) is 77.4 Å². The van der Waals surface area contributed by atoms with Crippen LogP contribution in [0.1, 0.15) is 56.7 Å². The fourth-order valence-corrected chi connectivity index (χ4v) is 5.32. The van der Waals surface area contributed by atoms with Gasteiger partial charge in [-0.25, -0.2) is 0 Å². The third-order valence-corrected chi connectivity index (χ3v) is 7.16. The first-order valence-corrected chi connectivity index (χ1v) is 10.6. The third kappa shape index (κ3) is 3.18. The minimum absolute atomic E-state index is 0.0127. The number of likely N-dealkylation sites (tertiary alicyclic amines) is 1. The second kappa shape index (κ2) is 7.31. The number of aromatic nitrogens is 1. The summed E-state index contributed by atoms with van der Waals surface area (Å²) in [5.74, 6) is 0.322. The van der Waals surface area contributed by atoms with Crippen LogP contribution in [0.15, 0.2) is 24.3 Å². The Hall–Kier alpha value is -1.81. The quantitative estimate of drug-likeness (QED) is 0.884. The lowest BCUT2D eigenvalue weighted by Crippen LogP contribution is -2.57. The zero-order valence-corrected chi connectivity index (χ0v) is 17.1. The zero-order valence-electron chi connectivity index (χ0n) is 17.1. The molecule has 1 aromatic carbocycles. The number of nitrogens with zero attached hydrogens (tertiary/aromatic N) is 2. The van der Waals surface area contributed by atoms with Crippen molar-refractivity contribution in [2.24, 2.45) is 0 Å². The predicted molar refractivity (Wildman–Crippen MR) is 111 cm³/mol. The number of hydrogen-bond donors (Lipinski definition) is 1. The van der Waals surface area contributed by atoms with Gasteiger partial charge in [-0.15, -0.1) is 0 Å². The number of para-hydroxylation sites is 1. The van der Waals surface area contributed by atoms with Gasteiger partial charge < -0.3 is 14.8 Å². The van der Waals surface area contributed by atoms with E-state index in [2.05, 4.69) is 59.8 Å². The van der Waals surface area contributed by atoms with Crippen LogP contribution in [0.2, 0.25) is 0 Å². The lowest BCUT2D eigenvalue weighted by Gasteiger charge is -2.44. The van der Waals surface area contributed by atoms with Gasteiger partial charge in [0.25, 0.3) is 0 Å². The average Bonchev–Trinajstić information content (AvgIpc) is 3.13. The van der Waals surface area contributed by atoms with Crippen LogP contribution in [0.3, 0.4) is 0 Å². The number of fused-ring (bicyclic) bond motifs is 2. The zero-order chi connectivity index (χ0) is 19.0. The smallest absolute Gasteiger partial charge is 0.224 e. The molecule has 2 fully saturated rings. The lowest BCUT2D eigenvalue weighted by atomic mass is 9.85. The van der Waals surface area contributed by atoms with Gasteiger partial charge in [-0.2, -0.15) is 0 Å². The van der Waals surface area contributed by atoms with Crippen molar-refractivity contribution in [3.05, 3.63) is 35.5 Å². The molecule has 0 spiro atoms. The van der Waals surface area contributed by atoms with Gasteiger partial charge in [0.15, 0.2) is 0 Å². The normalized spacial score (nSPS) is 26.0. The number of aryl methyl sites for hydroxylation is 2. The molecule has 2 atom stereocenters. The Morgan fingerprint density at radius 3 is 2.89 bits per heavy atom. The highest BCUT2D eigenvalue weighted by molar-refractivity contribution is 5.85. The fraction of sp³-hybridized carbons (Fsp3) is 0.609. The van der Waals surface area contributed by atoms with Crippen molar-refractivity contribution in [2.75, 3.05) is 13.1 Å². The summed E-state index contributed by atoms with van der Waals surface area (Å²) in [7, 11) is 0. The van der Waals surface area contributed by atoms with E-state index in [-0.39, 0.29) is 5.54 Å². The minimum atomic E-state index is -0.0127. The van der Waals surface area contributed by atoms with Crippen LogP contribution in [-0.2, 0) is 11.3 Å². The van der Waals surface area contributed by atoms with Crippen LogP contribution < -0.4 is 5.32 Å². The summed E-state index contributed by atoms with van der Waals surface area (Å²) in [5.41, 5.74) is 3.85. The molecule has 1 aromatic heterocycles. The highest BCUT2D eigenvalue weighted by Gasteiger charge is 2.45. The molecule has 0 aliphatic carbocycles. The number of benzene rings is 1. The minimum Gasteiger partial charge on any atom is -0.344 e. The standard InChI is InChI=1S/C23H33N3O/c1-17-18(2)25(20-10-7-6-9-19(17)20)16-12-22(27)26-15-8-4-5-11-21-23(26,3)13-14-24-21/h6-7,9-10,21,24H,4-5,8,11-16H2,1-3H3/t21-,23-/m0/s1. The van der Waals surface area contributed by atoms with Crippen LogP contribution in [0.25, 0.3) is 10.9 Å². The van der Waals surface area contributed by atoms with E-state index < -0.39 is 0 Å². The van der Waals surface area contributed by atoms with Crippen molar-refractivity contribution in [3.63, 3.8) is 0 Å². The molecular weight excluding hydrogens is 334 g/mol. The molecule has 2 aliphatic rings. The largest absolute Gasteiger partial charge is 0.344 e. The van der Waals surface area contributed by atoms with Gasteiger partial charge in [-0.3, -0.25) is 4.79 Å². The Balaban J connectivity index is 1.54. The van der Waals surface area contributed by atoms with E-state index in [1.165, 1.54) is 41.4 Å². The van der Waals surface area contributed by atoms with Crippen LogP contribution >= 0.6 is 0 Å². The van der Waals surface area contributed by atoms with Crippen LogP contribution in [-0.4, -0.2) is 40.0 Å². The van der Waals surface area contributed by atoms with Crippen molar-refractivity contribution in [1.82, 2.24) is 14.8 Å². The van der Waals surface area contributed by atoms with Crippen molar-refractivity contribution >= 4 is 16.8 Å². The molecule has 4 rings (SSSR count). The highest BCUT2D eigenvalue weighted by atomic mass is 16.2. The molecule has 2 saturated heterocycles. The Morgan fingerprint density at radius 1 is 1.22 bits per heavy atom. The average molecular weight is 368 g/mol. The van der Waals surface area contributed by atoms with Crippen LogP contribution in [0.5, 0.6) is 0 Å². The molecular formula is C23H33N3O. The maximum atomic E-state index is 13.3. The number of amides is 1. The van der Waals surface area contributed by atoms with Gasteiger partial charge in [0.05, 0.1) is 5.54 Å².